The van der Waals surface area contributed by atoms with Gasteiger partial charge in [0.05, 0.1) is 5.02 Å². The van der Waals surface area contributed by atoms with E-state index in [1.54, 1.807) is 0 Å². The maximum Gasteiger partial charge on any atom is 0.244 e. The molecule has 0 saturated carbocycles. The van der Waals surface area contributed by atoms with Crippen LogP contribution in [0.15, 0.2) is 17.0 Å². The number of benzene rings is 1. The first kappa shape index (κ1) is 16.0. The van der Waals surface area contributed by atoms with Crippen LogP contribution in [0.4, 0.5) is 0 Å². The molecule has 20 heavy (non-hydrogen) atoms. The van der Waals surface area contributed by atoms with Crippen LogP contribution in [0.1, 0.15) is 25.3 Å². The van der Waals surface area contributed by atoms with Crippen molar-refractivity contribution in [3.63, 3.8) is 0 Å². The number of rotatable bonds is 3. The summed E-state index contributed by atoms with van der Waals surface area (Å²) in [6, 6.07) is 2.99. The second-order valence-corrected chi connectivity index (χ2v) is 7.84. The molecule has 0 amide bonds. The molecule has 0 spiro atoms. The highest BCUT2D eigenvalue weighted by Gasteiger charge is 2.31. The zero-order valence-electron chi connectivity index (χ0n) is 11.3. The Morgan fingerprint density at radius 1 is 1.40 bits per heavy atom. The fourth-order valence-electron chi connectivity index (χ4n) is 2.47. The van der Waals surface area contributed by atoms with Crippen molar-refractivity contribution in [3.8, 4) is 0 Å². The van der Waals surface area contributed by atoms with Gasteiger partial charge in [-0.1, -0.05) is 30.1 Å². The molecule has 0 aromatic heterocycles. The van der Waals surface area contributed by atoms with Crippen molar-refractivity contribution in [1.29, 1.82) is 0 Å². The maximum absolute atomic E-state index is 12.7. The lowest BCUT2D eigenvalue weighted by molar-refractivity contribution is 0.281. The third kappa shape index (κ3) is 2.97. The van der Waals surface area contributed by atoms with Crippen LogP contribution in [-0.4, -0.2) is 25.8 Å². The summed E-state index contributed by atoms with van der Waals surface area (Å²) in [7, 11) is -3.59. The number of sulfonamides is 1. The monoisotopic (exact) mass is 336 g/mol. The second-order valence-electron chi connectivity index (χ2n) is 5.15. The van der Waals surface area contributed by atoms with Crippen molar-refractivity contribution >= 4 is 33.2 Å². The molecule has 1 aromatic carbocycles. The third-order valence-electron chi connectivity index (χ3n) is 3.59. The Morgan fingerprint density at radius 2 is 2.10 bits per heavy atom. The van der Waals surface area contributed by atoms with Crippen LogP contribution in [-0.2, 0) is 16.6 Å². The molecule has 0 radical (unpaired) electrons. The minimum atomic E-state index is -3.59. The number of nitrogens with two attached hydrogens (primary N) is 1. The predicted molar refractivity (Wildman–Crippen MR) is 81.5 cm³/mol. The van der Waals surface area contributed by atoms with Crippen molar-refractivity contribution < 1.29 is 8.42 Å². The summed E-state index contributed by atoms with van der Waals surface area (Å²) in [5.41, 5.74) is 6.06. The standard InChI is InChI=1S/C13H18Cl2N2O2S/c1-9-3-2-6-17(8-9)20(18,19)12-5-4-11(14)10(7-16)13(12)15/h4-5,9H,2-3,6-8,16H2,1H3. The van der Waals surface area contributed by atoms with Crippen LogP contribution in [0.2, 0.25) is 10.0 Å². The maximum atomic E-state index is 12.7. The number of piperidine rings is 1. The van der Waals surface area contributed by atoms with Gasteiger partial charge in [-0.3, -0.25) is 0 Å². The molecule has 1 aliphatic rings. The van der Waals surface area contributed by atoms with E-state index in [1.165, 1.54) is 16.4 Å². The molecule has 112 valence electrons. The Balaban J connectivity index is 2.44. The minimum absolute atomic E-state index is 0.0955. The van der Waals surface area contributed by atoms with Gasteiger partial charge in [-0.2, -0.15) is 4.31 Å². The molecule has 1 unspecified atom stereocenters. The first-order valence-electron chi connectivity index (χ1n) is 6.55. The van der Waals surface area contributed by atoms with Gasteiger partial charge in [0.1, 0.15) is 4.90 Å². The van der Waals surface area contributed by atoms with E-state index in [0.717, 1.165) is 12.8 Å². The third-order valence-corrected chi connectivity index (χ3v) is 6.40. The molecule has 1 aliphatic heterocycles. The normalized spacial score (nSPS) is 21.1. The lowest BCUT2D eigenvalue weighted by Gasteiger charge is -2.30. The van der Waals surface area contributed by atoms with Crippen LogP contribution in [0.5, 0.6) is 0 Å². The zero-order chi connectivity index (χ0) is 14.9. The first-order valence-corrected chi connectivity index (χ1v) is 8.74. The van der Waals surface area contributed by atoms with E-state index in [-0.39, 0.29) is 16.5 Å². The molecular formula is C13H18Cl2N2O2S. The average molecular weight is 337 g/mol. The SMILES string of the molecule is CC1CCCN(S(=O)(=O)c2ccc(Cl)c(CN)c2Cl)C1. The second kappa shape index (κ2) is 6.20. The van der Waals surface area contributed by atoms with Crippen LogP contribution in [0, 0.1) is 5.92 Å². The van der Waals surface area contributed by atoms with E-state index < -0.39 is 10.0 Å². The van der Waals surface area contributed by atoms with Crippen LogP contribution < -0.4 is 5.73 Å². The van der Waals surface area contributed by atoms with Crippen molar-refractivity contribution in [2.45, 2.75) is 31.2 Å². The smallest absolute Gasteiger partial charge is 0.244 e. The molecular weight excluding hydrogens is 319 g/mol. The van der Waals surface area contributed by atoms with Gasteiger partial charge >= 0.3 is 0 Å². The Morgan fingerprint density at radius 3 is 2.70 bits per heavy atom. The van der Waals surface area contributed by atoms with Gasteiger partial charge < -0.3 is 5.73 Å². The fraction of sp³-hybridized carbons (Fsp3) is 0.538. The summed E-state index contributed by atoms with van der Waals surface area (Å²) in [4.78, 5) is 0.0955. The van der Waals surface area contributed by atoms with E-state index in [2.05, 4.69) is 6.92 Å². The number of hydrogen-bond donors (Lipinski definition) is 1. The van der Waals surface area contributed by atoms with Gasteiger partial charge in [-0.05, 0) is 30.9 Å². The summed E-state index contributed by atoms with van der Waals surface area (Å²) < 4.78 is 26.9. The number of nitrogens with zero attached hydrogens (tertiary/aromatic N) is 1. The average Bonchev–Trinajstić information content (AvgIpc) is 2.39. The molecule has 2 N–H and O–H groups in total. The van der Waals surface area contributed by atoms with Gasteiger partial charge in [0.15, 0.2) is 0 Å². The lowest BCUT2D eigenvalue weighted by atomic mass is 10.0. The molecule has 1 atom stereocenters. The van der Waals surface area contributed by atoms with Gasteiger partial charge in [-0.25, -0.2) is 8.42 Å². The molecule has 2 rings (SSSR count). The van der Waals surface area contributed by atoms with E-state index >= 15 is 0 Å². The highest BCUT2D eigenvalue weighted by Crippen LogP contribution is 2.33. The van der Waals surface area contributed by atoms with Gasteiger partial charge in [-0.15, -0.1) is 0 Å². The van der Waals surface area contributed by atoms with Crippen LogP contribution >= 0.6 is 23.2 Å². The molecule has 1 aromatic rings. The summed E-state index contributed by atoms with van der Waals surface area (Å²) in [6.45, 7) is 3.22. The Bertz CT molecular complexity index is 605. The summed E-state index contributed by atoms with van der Waals surface area (Å²) in [5, 5.41) is 0.529. The van der Waals surface area contributed by atoms with Crippen molar-refractivity contribution in [2.75, 3.05) is 13.1 Å². The quantitative estimate of drug-likeness (QED) is 0.922. The lowest BCUT2D eigenvalue weighted by Crippen LogP contribution is -2.39. The Hall–Kier alpha value is -0.330. The van der Waals surface area contributed by atoms with Gasteiger partial charge in [0.25, 0.3) is 0 Å². The Kier molecular flexibility index (Phi) is 4.97. The van der Waals surface area contributed by atoms with Gasteiger partial charge in [0.2, 0.25) is 10.0 Å². The number of hydrogen-bond acceptors (Lipinski definition) is 3. The summed E-state index contributed by atoms with van der Waals surface area (Å²) >= 11 is 12.2. The zero-order valence-corrected chi connectivity index (χ0v) is 13.6. The topological polar surface area (TPSA) is 63.4 Å². The van der Waals surface area contributed by atoms with Crippen LogP contribution in [0.3, 0.4) is 0 Å². The molecule has 1 heterocycles. The number of halogens is 2. The predicted octanol–water partition coefficient (Wildman–Crippen LogP) is 2.87. The highest BCUT2D eigenvalue weighted by atomic mass is 35.5. The summed E-state index contributed by atoms with van der Waals surface area (Å²) in [6.07, 6.45) is 1.92. The highest BCUT2D eigenvalue weighted by molar-refractivity contribution is 7.89. The van der Waals surface area contributed by atoms with E-state index in [9.17, 15) is 8.42 Å². The van der Waals surface area contributed by atoms with E-state index in [1.807, 2.05) is 0 Å². The molecule has 0 aliphatic carbocycles. The molecule has 1 saturated heterocycles. The van der Waals surface area contributed by atoms with E-state index in [0.29, 0.717) is 29.6 Å². The summed E-state index contributed by atoms with van der Waals surface area (Å²) in [5.74, 6) is 0.360. The van der Waals surface area contributed by atoms with E-state index in [4.69, 9.17) is 28.9 Å². The van der Waals surface area contributed by atoms with Crippen molar-refractivity contribution in [1.82, 2.24) is 4.31 Å². The van der Waals surface area contributed by atoms with Crippen molar-refractivity contribution in [3.05, 3.63) is 27.7 Å². The Labute approximate surface area is 129 Å². The fourth-order valence-corrected chi connectivity index (χ4v) is 4.97. The minimum Gasteiger partial charge on any atom is -0.326 e. The van der Waals surface area contributed by atoms with Gasteiger partial charge in [0, 0.05) is 30.2 Å². The molecule has 4 nitrogen and oxygen atoms in total. The molecule has 0 bridgehead atoms. The largest absolute Gasteiger partial charge is 0.326 e. The van der Waals surface area contributed by atoms with Crippen LogP contribution in [0.25, 0.3) is 0 Å². The molecule has 1 fully saturated rings. The first-order chi connectivity index (χ1) is 9.37. The van der Waals surface area contributed by atoms with Crippen molar-refractivity contribution in [2.24, 2.45) is 11.7 Å². The molecule has 7 heteroatoms.